The van der Waals surface area contributed by atoms with E-state index in [1.54, 1.807) is 0 Å². The quantitative estimate of drug-likeness (QED) is 0.865. The molecule has 2 N–H and O–H groups in total. The van der Waals surface area contributed by atoms with Crippen molar-refractivity contribution in [2.45, 2.75) is 39.2 Å². The predicted molar refractivity (Wildman–Crippen MR) is 81.3 cm³/mol. The third-order valence-electron chi connectivity index (χ3n) is 3.34. The summed E-state index contributed by atoms with van der Waals surface area (Å²) in [6.07, 6.45) is 3.42. The van der Waals surface area contributed by atoms with Crippen LogP contribution in [0.2, 0.25) is 0 Å². The van der Waals surface area contributed by atoms with Gasteiger partial charge in [-0.2, -0.15) is 0 Å². The van der Waals surface area contributed by atoms with Crippen LogP contribution in [0.25, 0.3) is 10.9 Å². The van der Waals surface area contributed by atoms with Crippen molar-refractivity contribution in [3.63, 3.8) is 0 Å². The van der Waals surface area contributed by atoms with Crippen molar-refractivity contribution in [2.75, 3.05) is 5.32 Å². The standard InChI is InChI=1S/C16H20N2O2/c1-4-9-16(2,3)18-14-11-7-5-6-8-13(11)17-10-12(14)15(19)20/h5-8,10H,4,9H2,1-3H3,(H,17,18)(H,19,20). The van der Waals surface area contributed by atoms with E-state index >= 15 is 0 Å². The van der Waals surface area contributed by atoms with Crippen molar-refractivity contribution in [2.24, 2.45) is 0 Å². The molecule has 4 nitrogen and oxygen atoms in total. The molecule has 0 radical (unpaired) electrons. The van der Waals surface area contributed by atoms with Crippen LogP contribution in [-0.4, -0.2) is 21.6 Å². The number of benzene rings is 1. The molecular formula is C16H20N2O2. The third-order valence-corrected chi connectivity index (χ3v) is 3.34. The largest absolute Gasteiger partial charge is 0.478 e. The molecule has 0 amide bonds. The topological polar surface area (TPSA) is 62.2 Å². The second-order valence-electron chi connectivity index (χ2n) is 5.63. The molecule has 106 valence electrons. The van der Waals surface area contributed by atoms with Crippen LogP contribution in [-0.2, 0) is 0 Å². The Balaban J connectivity index is 2.58. The molecule has 0 aliphatic rings. The fourth-order valence-electron chi connectivity index (χ4n) is 2.46. The first kappa shape index (κ1) is 14.3. The van der Waals surface area contributed by atoms with Crippen molar-refractivity contribution in [3.05, 3.63) is 36.0 Å². The Morgan fingerprint density at radius 3 is 2.70 bits per heavy atom. The van der Waals surface area contributed by atoms with Gasteiger partial charge in [-0.15, -0.1) is 0 Å². The van der Waals surface area contributed by atoms with Gasteiger partial charge in [-0.1, -0.05) is 31.5 Å². The number of nitrogens with one attached hydrogen (secondary N) is 1. The number of hydrogen-bond acceptors (Lipinski definition) is 3. The lowest BCUT2D eigenvalue weighted by atomic mass is 9.97. The van der Waals surface area contributed by atoms with E-state index in [9.17, 15) is 9.90 Å². The van der Waals surface area contributed by atoms with Gasteiger partial charge in [0.25, 0.3) is 0 Å². The minimum atomic E-state index is -0.960. The summed E-state index contributed by atoms with van der Waals surface area (Å²) in [5, 5.41) is 13.6. The summed E-state index contributed by atoms with van der Waals surface area (Å²) in [5.74, 6) is -0.960. The lowest BCUT2D eigenvalue weighted by Crippen LogP contribution is -2.31. The average Bonchev–Trinajstić information content (AvgIpc) is 2.38. The van der Waals surface area contributed by atoms with Gasteiger partial charge in [0.05, 0.1) is 11.2 Å². The van der Waals surface area contributed by atoms with Crippen molar-refractivity contribution < 1.29 is 9.90 Å². The fourth-order valence-corrected chi connectivity index (χ4v) is 2.46. The van der Waals surface area contributed by atoms with Gasteiger partial charge in [-0.25, -0.2) is 4.79 Å². The maximum absolute atomic E-state index is 11.4. The minimum Gasteiger partial charge on any atom is -0.478 e. The lowest BCUT2D eigenvalue weighted by molar-refractivity contribution is 0.0697. The van der Waals surface area contributed by atoms with Crippen LogP contribution < -0.4 is 5.32 Å². The molecule has 0 bridgehead atoms. The number of aromatic nitrogens is 1. The van der Waals surface area contributed by atoms with Crippen LogP contribution in [0.5, 0.6) is 0 Å². The number of anilines is 1. The van der Waals surface area contributed by atoms with E-state index in [0.717, 1.165) is 23.7 Å². The van der Waals surface area contributed by atoms with Gasteiger partial charge in [0.1, 0.15) is 5.56 Å². The Morgan fingerprint density at radius 1 is 1.35 bits per heavy atom. The number of para-hydroxylation sites is 1. The van der Waals surface area contributed by atoms with Gasteiger partial charge in [0.2, 0.25) is 0 Å². The zero-order valence-electron chi connectivity index (χ0n) is 12.1. The number of carboxylic acids is 1. The molecule has 2 rings (SSSR count). The molecule has 0 saturated heterocycles. The van der Waals surface area contributed by atoms with E-state index in [4.69, 9.17) is 0 Å². The Morgan fingerprint density at radius 2 is 2.05 bits per heavy atom. The molecule has 0 saturated carbocycles. The summed E-state index contributed by atoms with van der Waals surface area (Å²) >= 11 is 0. The fraction of sp³-hybridized carbons (Fsp3) is 0.375. The summed E-state index contributed by atoms with van der Waals surface area (Å²) in [5.41, 5.74) is 1.50. The Hall–Kier alpha value is -2.10. The number of rotatable bonds is 5. The van der Waals surface area contributed by atoms with E-state index in [1.165, 1.54) is 6.20 Å². The highest BCUT2D eigenvalue weighted by Gasteiger charge is 2.22. The molecule has 0 spiro atoms. The summed E-state index contributed by atoms with van der Waals surface area (Å²) in [6.45, 7) is 6.28. The number of carboxylic acid groups (broad SMARTS) is 1. The molecule has 0 aliphatic carbocycles. The van der Waals surface area contributed by atoms with Crippen LogP contribution in [0.15, 0.2) is 30.5 Å². The van der Waals surface area contributed by atoms with Gasteiger partial charge in [0, 0.05) is 17.1 Å². The number of fused-ring (bicyclic) bond motifs is 1. The molecule has 1 aromatic carbocycles. The maximum atomic E-state index is 11.4. The number of carbonyl (C=O) groups is 1. The summed E-state index contributed by atoms with van der Waals surface area (Å²) in [6, 6.07) is 7.59. The molecule has 0 atom stereocenters. The van der Waals surface area contributed by atoms with E-state index in [1.807, 2.05) is 24.3 Å². The smallest absolute Gasteiger partial charge is 0.339 e. The second kappa shape index (κ2) is 5.49. The molecule has 0 fully saturated rings. The van der Waals surface area contributed by atoms with E-state index < -0.39 is 5.97 Å². The molecular weight excluding hydrogens is 252 g/mol. The zero-order valence-corrected chi connectivity index (χ0v) is 12.1. The summed E-state index contributed by atoms with van der Waals surface area (Å²) < 4.78 is 0. The number of aromatic carboxylic acids is 1. The monoisotopic (exact) mass is 272 g/mol. The Bertz CT molecular complexity index is 635. The van der Waals surface area contributed by atoms with Gasteiger partial charge >= 0.3 is 5.97 Å². The summed E-state index contributed by atoms with van der Waals surface area (Å²) in [4.78, 5) is 15.6. The SMILES string of the molecule is CCCC(C)(C)Nc1c(C(=O)O)cnc2ccccc12. The molecule has 0 aliphatic heterocycles. The van der Waals surface area contributed by atoms with Crippen molar-refractivity contribution in [1.29, 1.82) is 0 Å². The molecule has 4 heteroatoms. The Labute approximate surface area is 118 Å². The summed E-state index contributed by atoms with van der Waals surface area (Å²) in [7, 11) is 0. The first-order valence-electron chi connectivity index (χ1n) is 6.84. The van der Waals surface area contributed by atoms with Crippen molar-refractivity contribution in [3.8, 4) is 0 Å². The average molecular weight is 272 g/mol. The van der Waals surface area contributed by atoms with E-state index in [-0.39, 0.29) is 11.1 Å². The number of pyridine rings is 1. The lowest BCUT2D eigenvalue weighted by Gasteiger charge is -2.28. The van der Waals surface area contributed by atoms with E-state index in [0.29, 0.717) is 5.69 Å². The van der Waals surface area contributed by atoms with Crippen molar-refractivity contribution >= 4 is 22.6 Å². The van der Waals surface area contributed by atoms with Gasteiger partial charge < -0.3 is 10.4 Å². The zero-order chi connectivity index (χ0) is 14.8. The molecule has 1 aromatic heterocycles. The van der Waals surface area contributed by atoms with Crippen LogP contribution in [0.3, 0.4) is 0 Å². The first-order valence-corrected chi connectivity index (χ1v) is 6.84. The van der Waals surface area contributed by atoms with Crippen LogP contribution in [0.4, 0.5) is 5.69 Å². The molecule has 20 heavy (non-hydrogen) atoms. The number of hydrogen-bond donors (Lipinski definition) is 2. The van der Waals surface area contributed by atoms with Crippen LogP contribution >= 0.6 is 0 Å². The minimum absolute atomic E-state index is 0.164. The van der Waals surface area contributed by atoms with Gasteiger partial charge in [-0.3, -0.25) is 4.98 Å². The number of nitrogens with zero attached hydrogens (tertiary/aromatic N) is 1. The highest BCUT2D eigenvalue weighted by atomic mass is 16.4. The van der Waals surface area contributed by atoms with Gasteiger partial charge in [0.15, 0.2) is 0 Å². The highest BCUT2D eigenvalue weighted by molar-refractivity contribution is 6.04. The first-order chi connectivity index (χ1) is 9.44. The Kier molecular flexibility index (Phi) is 3.93. The van der Waals surface area contributed by atoms with Gasteiger partial charge in [-0.05, 0) is 26.3 Å². The molecule has 2 aromatic rings. The van der Waals surface area contributed by atoms with Crippen LogP contribution in [0.1, 0.15) is 44.0 Å². The normalized spacial score (nSPS) is 11.6. The van der Waals surface area contributed by atoms with Crippen LogP contribution in [0, 0.1) is 0 Å². The maximum Gasteiger partial charge on any atom is 0.339 e. The van der Waals surface area contributed by atoms with E-state index in [2.05, 4.69) is 31.1 Å². The highest BCUT2D eigenvalue weighted by Crippen LogP contribution is 2.29. The second-order valence-corrected chi connectivity index (χ2v) is 5.63. The molecule has 0 unspecified atom stereocenters. The molecule has 1 heterocycles. The third kappa shape index (κ3) is 2.90. The van der Waals surface area contributed by atoms with Crippen molar-refractivity contribution in [1.82, 2.24) is 4.98 Å². The predicted octanol–water partition coefficient (Wildman–Crippen LogP) is 3.92.